The third-order valence-electron chi connectivity index (χ3n) is 4.01. The number of hydrogen-bond acceptors (Lipinski definition) is 4. The van der Waals surface area contributed by atoms with Crippen LogP contribution in [0.5, 0.6) is 5.75 Å². The van der Waals surface area contributed by atoms with E-state index < -0.39 is 0 Å². The van der Waals surface area contributed by atoms with Crippen molar-refractivity contribution < 1.29 is 9.53 Å². The van der Waals surface area contributed by atoms with Gasteiger partial charge in [-0.2, -0.15) is 0 Å². The highest BCUT2D eigenvalue weighted by Gasteiger charge is 2.19. The lowest BCUT2D eigenvalue weighted by Gasteiger charge is -2.16. The van der Waals surface area contributed by atoms with Crippen LogP contribution in [0.3, 0.4) is 0 Å². The smallest absolute Gasteiger partial charge is 0.265 e. The van der Waals surface area contributed by atoms with Gasteiger partial charge in [0.15, 0.2) is 0 Å². The number of aryl methyl sites for hydroxylation is 1. The van der Waals surface area contributed by atoms with Gasteiger partial charge in [-0.05, 0) is 36.8 Å². The molecule has 0 spiro atoms. The largest absolute Gasteiger partial charge is 0.497 e. The Bertz CT molecular complexity index is 905. The van der Waals surface area contributed by atoms with Gasteiger partial charge in [-0.15, -0.1) is 11.3 Å². The van der Waals surface area contributed by atoms with E-state index in [-0.39, 0.29) is 5.91 Å². The number of halogens is 1. The first-order valence-electron chi connectivity index (χ1n) is 8.09. The monoisotopic (exact) mass is 386 g/mol. The normalized spacial score (nSPS) is 10.6. The van der Waals surface area contributed by atoms with E-state index in [1.165, 1.54) is 11.3 Å². The van der Waals surface area contributed by atoms with E-state index in [4.69, 9.17) is 16.3 Å². The number of benzene rings is 2. The van der Waals surface area contributed by atoms with E-state index in [1.807, 2.05) is 55.5 Å². The van der Waals surface area contributed by atoms with Crippen molar-refractivity contribution in [2.75, 3.05) is 14.2 Å². The van der Waals surface area contributed by atoms with Crippen molar-refractivity contribution >= 4 is 28.8 Å². The third kappa shape index (κ3) is 4.06. The Hall–Kier alpha value is -2.37. The second kappa shape index (κ2) is 7.89. The van der Waals surface area contributed by atoms with E-state index >= 15 is 0 Å². The number of amides is 1. The summed E-state index contributed by atoms with van der Waals surface area (Å²) in [4.78, 5) is 19.8. The number of hydrogen-bond donors (Lipinski definition) is 0. The lowest BCUT2D eigenvalue weighted by Crippen LogP contribution is -2.26. The van der Waals surface area contributed by atoms with Crippen LogP contribution in [0.15, 0.2) is 48.5 Å². The lowest BCUT2D eigenvalue weighted by atomic mass is 10.2. The first-order chi connectivity index (χ1) is 12.5. The molecule has 6 heteroatoms. The summed E-state index contributed by atoms with van der Waals surface area (Å²) in [6.07, 6.45) is 0. The Labute approximate surface area is 162 Å². The number of aromatic nitrogens is 1. The molecule has 4 nitrogen and oxygen atoms in total. The number of carbonyl (C=O) groups is 1. The topological polar surface area (TPSA) is 42.4 Å². The van der Waals surface area contributed by atoms with E-state index in [0.717, 1.165) is 27.6 Å². The quantitative estimate of drug-likeness (QED) is 0.616. The Balaban J connectivity index is 1.77. The van der Waals surface area contributed by atoms with Crippen molar-refractivity contribution in [1.82, 2.24) is 9.88 Å². The molecule has 26 heavy (non-hydrogen) atoms. The molecule has 1 heterocycles. The van der Waals surface area contributed by atoms with Gasteiger partial charge in [0.2, 0.25) is 0 Å². The maximum atomic E-state index is 12.8. The van der Waals surface area contributed by atoms with Gasteiger partial charge in [0.1, 0.15) is 15.6 Å². The predicted molar refractivity (Wildman–Crippen MR) is 106 cm³/mol. The van der Waals surface area contributed by atoms with Crippen LogP contribution < -0.4 is 4.74 Å². The number of thiazole rings is 1. The molecular formula is C20H19ClN2O2S. The van der Waals surface area contributed by atoms with Crippen LogP contribution in [0.2, 0.25) is 5.02 Å². The Kier molecular flexibility index (Phi) is 5.59. The third-order valence-corrected chi connectivity index (χ3v) is 5.45. The highest BCUT2D eigenvalue weighted by molar-refractivity contribution is 7.17. The molecule has 0 fully saturated rings. The average Bonchev–Trinajstić information content (AvgIpc) is 3.04. The number of ether oxygens (including phenoxy) is 1. The van der Waals surface area contributed by atoms with Gasteiger partial charge in [0.25, 0.3) is 5.91 Å². The Morgan fingerprint density at radius 1 is 1.15 bits per heavy atom. The summed E-state index contributed by atoms with van der Waals surface area (Å²) < 4.78 is 5.16. The van der Waals surface area contributed by atoms with E-state index in [2.05, 4.69) is 4.98 Å². The molecule has 0 bridgehead atoms. The molecule has 0 radical (unpaired) electrons. The maximum absolute atomic E-state index is 12.8. The van der Waals surface area contributed by atoms with Crippen LogP contribution in [-0.2, 0) is 6.54 Å². The minimum atomic E-state index is -0.0315. The first-order valence-corrected chi connectivity index (χ1v) is 9.29. The molecule has 0 saturated carbocycles. The number of nitrogens with zero attached hydrogens (tertiary/aromatic N) is 2. The molecule has 0 aliphatic rings. The van der Waals surface area contributed by atoms with Crippen molar-refractivity contribution in [1.29, 1.82) is 0 Å². The lowest BCUT2D eigenvalue weighted by molar-refractivity contribution is 0.0789. The second-order valence-corrected chi connectivity index (χ2v) is 7.39. The van der Waals surface area contributed by atoms with Crippen LogP contribution in [0.25, 0.3) is 10.6 Å². The summed E-state index contributed by atoms with van der Waals surface area (Å²) in [5.41, 5.74) is 2.74. The Morgan fingerprint density at radius 2 is 1.81 bits per heavy atom. The highest BCUT2D eigenvalue weighted by atomic mass is 35.5. The molecule has 0 N–H and O–H groups in total. The second-order valence-electron chi connectivity index (χ2n) is 5.95. The summed E-state index contributed by atoms with van der Waals surface area (Å²) in [6.45, 7) is 2.39. The van der Waals surface area contributed by atoms with Crippen molar-refractivity contribution in [2.24, 2.45) is 0 Å². The molecule has 3 aromatic rings. The molecule has 0 atom stereocenters. The van der Waals surface area contributed by atoms with Gasteiger partial charge in [0.05, 0.1) is 12.8 Å². The zero-order valence-electron chi connectivity index (χ0n) is 14.8. The van der Waals surface area contributed by atoms with Crippen molar-refractivity contribution in [3.05, 3.63) is 69.7 Å². The van der Waals surface area contributed by atoms with Gasteiger partial charge in [-0.1, -0.05) is 35.9 Å². The van der Waals surface area contributed by atoms with Crippen molar-refractivity contribution in [3.63, 3.8) is 0 Å². The molecule has 2 aromatic carbocycles. The van der Waals surface area contributed by atoms with Crippen LogP contribution in [0.4, 0.5) is 0 Å². The Morgan fingerprint density at radius 3 is 2.42 bits per heavy atom. The van der Waals surface area contributed by atoms with Gasteiger partial charge < -0.3 is 9.64 Å². The van der Waals surface area contributed by atoms with Gasteiger partial charge in [0, 0.05) is 24.2 Å². The molecule has 0 saturated heterocycles. The molecule has 1 aromatic heterocycles. The summed E-state index contributed by atoms with van der Waals surface area (Å²) in [7, 11) is 3.43. The highest BCUT2D eigenvalue weighted by Crippen LogP contribution is 2.29. The molecular weight excluding hydrogens is 368 g/mol. The van der Waals surface area contributed by atoms with Gasteiger partial charge in [-0.3, -0.25) is 4.79 Å². The van der Waals surface area contributed by atoms with E-state index in [9.17, 15) is 4.79 Å². The van der Waals surface area contributed by atoms with Crippen molar-refractivity contribution in [3.8, 4) is 16.3 Å². The molecule has 1 amide bonds. The minimum Gasteiger partial charge on any atom is -0.497 e. The summed E-state index contributed by atoms with van der Waals surface area (Å²) in [5, 5.41) is 1.50. The minimum absolute atomic E-state index is 0.0315. The number of rotatable bonds is 5. The molecule has 0 aliphatic carbocycles. The number of methoxy groups -OCH3 is 1. The van der Waals surface area contributed by atoms with E-state index in [0.29, 0.717) is 16.4 Å². The molecule has 0 unspecified atom stereocenters. The first kappa shape index (κ1) is 18.4. The fraction of sp³-hybridized carbons (Fsp3) is 0.200. The summed E-state index contributed by atoms with van der Waals surface area (Å²) >= 11 is 7.34. The van der Waals surface area contributed by atoms with Gasteiger partial charge in [-0.25, -0.2) is 4.98 Å². The zero-order valence-corrected chi connectivity index (χ0v) is 16.4. The van der Waals surface area contributed by atoms with Crippen LogP contribution >= 0.6 is 22.9 Å². The van der Waals surface area contributed by atoms with Crippen LogP contribution in [0, 0.1) is 6.92 Å². The zero-order chi connectivity index (χ0) is 18.7. The van der Waals surface area contributed by atoms with E-state index in [1.54, 1.807) is 19.1 Å². The summed E-state index contributed by atoms with van der Waals surface area (Å²) in [5.74, 6) is 0.768. The maximum Gasteiger partial charge on any atom is 0.265 e. The fourth-order valence-corrected chi connectivity index (χ4v) is 3.75. The van der Waals surface area contributed by atoms with Gasteiger partial charge >= 0.3 is 0 Å². The molecule has 134 valence electrons. The average molecular weight is 387 g/mol. The fourth-order valence-electron chi connectivity index (χ4n) is 2.56. The molecule has 0 aliphatic heterocycles. The standard InChI is InChI=1S/C20H19ClN2O2S/c1-13-18(26-19(22-13)15-6-8-16(21)9-7-15)20(24)23(2)12-14-4-10-17(25-3)11-5-14/h4-11H,12H2,1-3H3. The molecule has 3 rings (SSSR count). The van der Waals surface area contributed by atoms with Crippen molar-refractivity contribution in [2.45, 2.75) is 13.5 Å². The van der Waals surface area contributed by atoms with Crippen LogP contribution in [0.1, 0.15) is 20.9 Å². The SMILES string of the molecule is COc1ccc(CN(C)C(=O)c2sc(-c3ccc(Cl)cc3)nc2C)cc1. The number of carbonyl (C=O) groups excluding carboxylic acids is 1. The predicted octanol–water partition coefficient (Wildman–Crippen LogP) is 5.05. The van der Waals surface area contributed by atoms with Crippen LogP contribution in [-0.4, -0.2) is 29.9 Å². The summed E-state index contributed by atoms with van der Waals surface area (Å²) in [6, 6.07) is 15.2.